The molecule has 0 aliphatic heterocycles. The number of likely N-dealkylation sites (N-methyl/N-ethyl adjacent to an activating group) is 1. The van der Waals surface area contributed by atoms with Gasteiger partial charge in [0.25, 0.3) is 0 Å². The summed E-state index contributed by atoms with van der Waals surface area (Å²) >= 11 is 2.42. The van der Waals surface area contributed by atoms with E-state index in [9.17, 15) is 0 Å². The average molecular weight is 519 g/mol. The van der Waals surface area contributed by atoms with Crippen molar-refractivity contribution in [2.24, 2.45) is 0 Å². The molecule has 0 spiro atoms. The Hall–Kier alpha value is 0.450. The van der Waals surface area contributed by atoms with Crippen molar-refractivity contribution in [3.05, 3.63) is 0 Å². The fraction of sp³-hybridized carbons (Fsp3) is 1.00. The zero-order chi connectivity index (χ0) is 20.5. The lowest BCUT2D eigenvalue weighted by atomic mass is 10.2. The number of rotatable bonds is 24. The van der Waals surface area contributed by atoms with E-state index in [-0.39, 0.29) is 0 Å². The predicted molar refractivity (Wildman–Crippen MR) is 121 cm³/mol. The van der Waals surface area contributed by atoms with Crippen LogP contribution in [0.4, 0.5) is 0 Å². The van der Waals surface area contributed by atoms with E-state index in [1.54, 1.807) is 0 Å². The van der Waals surface area contributed by atoms with Gasteiger partial charge in [-0.1, -0.05) is 35.4 Å². The highest BCUT2D eigenvalue weighted by molar-refractivity contribution is 14.1. The Bertz CT molecular complexity index is 287. The van der Waals surface area contributed by atoms with Crippen molar-refractivity contribution in [2.75, 3.05) is 104 Å². The largest absolute Gasteiger partial charge is 0.379 e. The quantitative estimate of drug-likeness (QED) is 0.110. The minimum atomic E-state index is 0.573. The van der Waals surface area contributed by atoms with Gasteiger partial charge in [0.1, 0.15) is 0 Å². The fourth-order valence-electron chi connectivity index (χ4n) is 2.10. The highest BCUT2D eigenvalue weighted by Crippen LogP contribution is 2.02. The zero-order valence-electron chi connectivity index (χ0n) is 18.0. The summed E-state index contributed by atoms with van der Waals surface area (Å²) in [6, 6.07) is 0. The van der Waals surface area contributed by atoms with Crippen LogP contribution in [0.25, 0.3) is 0 Å². The van der Waals surface area contributed by atoms with E-state index in [2.05, 4.69) is 27.5 Å². The molecule has 0 rings (SSSR count). The number of hydrogen-bond donors (Lipinski definition) is 0. The second-order valence-electron chi connectivity index (χ2n) is 6.58. The fourth-order valence-corrected chi connectivity index (χ4v) is 2.64. The van der Waals surface area contributed by atoms with Gasteiger partial charge in [-0.2, -0.15) is 0 Å². The van der Waals surface area contributed by atoms with Crippen molar-refractivity contribution < 1.29 is 28.4 Å². The molecule has 28 heavy (non-hydrogen) atoms. The molecule has 0 heterocycles. The van der Waals surface area contributed by atoms with Gasteiger partial charge in [-0.25, -0.2) is 0 Å². The van der Waals surface area contributed by atoms with Gasteiger partial charge in [-0.3, -0.25) is 0 Å². The Balaban J connectivity index is 2.98. The van der Waals surface area contributed by atoms with Crippen LogP contribution in [0.1, 0.15) is 25.7 Å². The molecule has 0 aliphatic rings. The summed E-state index contributed by atoms with van der Waals surface area (Å²) in [5.74, 6) is 0. The highest BCUT2D eigenvalue weighted by Gasteiger charge is 1.95. The van der Waals surface area contributed by atoms with E-state index < -0.39 is 0 Å². The monoisotopic (exact) mass is 519 g/mol. The lowest BCUT2D eigenvalue weighted by molar-refractivity contribution is -0.0172. The van der Waals surface area contributed by atoms with Gasteiger partial charge in [-0.15, -0.1) is 0 Å². The topological polar surface area (TPSA) is 58.6 Å². The number of unbranched alkanes of at least 4 members (excludes halogenated alkanes) is 3. The van der Waals surface area contributed by atoms with Crippen LogP contribution >= 0.6 is 22.6 Å². The van der Waals surface area contributed by atoms with Crippen LogP contribution in [0.3, 0.4) is 0 Å². The maximum atomic E-state index is 5.53. The summed E-state index contributed by atoms with van der Waals surface area (Å²) in [6.07, 6.45) is 5.03. The lowest BCUT2D eigenvalue weighted by Crippen LogP contribution is -2.19. The molecule has 0 N–H and O–H groups in total. The summed E-state index contributed by atoms with van der Waals surface area (Å²) in [6.45, 7) is 8.51. The molecule has 0 amide bonds. The SMILES string of the molecule is CN(C)CCOCCOCCOCCOCCOCCOCCCCCCI. The molecule has 0 fully saturated rings. The molecular weight excluding hydrogens is 477 g/mol. The van der Waals surface area contributed by atoms with Crippen LogP contribution in [0.15, 0.2) is 0 Å². The van der Waals surface area contributed by atoms with E-state index in [0.29, 0.717) is 66.1 Å². The average Bonchev–Trinajstić information content (AvgIpc) is 2.68. The van der Waals surface area contributed by atoms with Gasteiger partial charge in [0, 0.05) is 13.2 Å². The van der Waals surface area contributed by atoms with E-state index in [0.717, 1.165) is 26.2 Å². The number of nitrogens with zero attached hydrogens (tertiary/aromatic N) is 1. The van der Waals surface area contributed by atoms with Crippen molar-refractivity contribution in [1.82, 2.24) is 4.90 Å². The third-order valence-electron chi connectivity index (χ3n) is 3.72. The second-order valence-corrected chi connectivity index (χ2v) is 7.66. The molecule has 0 aliphatic carbocycles. The smallest absolute Gasteiger partial charge is 0.0701 e. The molecule has 0 atom stereocenters. The van der Waals surface area contributed by atoms with Gasteiger partial charge in [0.05, 0.1) is 72.7 Å². The first kappa shape index (κ1) is 28.5. The molecule has 8 heteroatoms. The zero-order valence-corrected chi connectivity index (χ0v) is 20.2. The summed E-state index contributed by atoms with van der Waals surface area (Å²) in [5, 5.41) is 0. The molecule has 170 valence electrons. The minimum absolute atomic E-state index is 0.573. The summed E-state index contributed by atoms with van der Waals surface area (Å²) in [4.78, 5) is 2.09. The maximum absolute atomic E-state index is 5.53. The number of halogens is 1. The first-order chi connectivity index (χ1) is 13.8. The summed E-state index contributed by atoms with van der Waals surface area (Å²) in [7, 11) is 4.06. The van der Waals surface area contributed by atoms with Gasteiger partial charge in [-0.05, 0) is 31.4 Å². The third-order valence-corrected chi connectivity index (χ3v) is 4.48. The molecule has 0 unspecified atom stereocenters. The van der Waals surface area contributed by atoms with Gasteiger partial charge in [0.2, 0.25) is 0 Å². The van der Waals surface area contributed by atoms with Crippen LogP contribution in [0, 0.1) is 0 Å². The lowest BCUT2D eigenvalue weighted by Gasteiger charge is -2.10. The molecule has 7 nitrogen and oxygen atoms in total. The molecule has 0 saturated carbocycles. The minimum Gasteiger partial charge on any atom is -0.379 e. The number of hydrogen-bond acceptors (Lipinski definition) is 7. The molecule has 0 radical (unpaired) electrons. The maximum Gasteiger partial charge on any atom is 0.0701 e. The van der Waals surface area contributed by atoms with Crippen LogP contribution in [-0.4, -0.2) is 109 Å². The van der Waals surface area contributed by atoms with Crippen molar-refractivity contribution in [1.29, 1.82) is 0 Å². The van der Waals surface area contributed by atoms with E-state index in [1.165, 1.54) is 23.7 Å². The standard InChI is InChI=1S/C20H42INO6/c1-22(2)8-10-24-12-14-26-16-18-28-20-19-27-17-15-25-13-11-23-9-6-4-3-5-7-21/h3-20H2,1-2H3. The molecule has 0 aromatic heterocycles. The third kappa shape index (κ3) is 26.4. The van der Waals surface area contributed by atoms with Gasteiger partial charge in [0.15, 0.2) is 0 Å². The van der Waals surface area contributed by atoms with E-state index in [1.807, 2.05) is 14.1 Å². The Morgan fingerprint density at radius 2 is 0.821 bits per heavy atom. The molecule has 0 aromatic rings. The van der Waals surface area contributed by atoms with Crippen molar-refractivity contribution in [3.63, 3.8) is 0 Å². The molecule has 0 saturated heterocycles. The van der Waals surface area contributed by atoms with Crippen LogP contribution in [0.5, 0.6) is 0 Å². The number of ether oxygens (including phenoxy) is 6. The molecular formula is C20H42INO6. The molecule has 0 aromatic carbocycles. The Morgan fingerprint density at radius 1 is 0.464 bits per heavy atom. The summed E-state index contributed by atoms with van der Waals surface area (Å²) in [5.41, 5.74) is 0. The van der Waals surface area contributed by atoms with E-state index >= 15 is 0 Å². The van der Waals surface area contributed by atoms with Crippen molar-refractivity contribution in [2.45, 2.75) is 25.7 Å². The predicted octanol–water partition coefficient (Wildman–Crippen LogP) is 2.64. The second kappa shape index (κ2) is 25.5. The Labute approximate surface area is 185 Å². The number of alkyl halides is 1. The highest BCUT2D eigenvalue weighted by atomic mass is 127. The van der Waals surface area contributed by atoms with Crippen LogP contribution in [-0.2, 0) is 28.4 Å². The van der Waals surface area contributed by atoms with Crippen molar-refractivity contribution >= 4 is 22.6 Å². The van der Waals surface area contributed by atoms with Crippen LogP contribution < -0.4 is 0 Å². The Morgan fingerprint density at radius 3 is 1.21 bits per heavy atom. The van der Waals surface area contributed by atoms with Gasteiger partial charge < -0.3 is 33.3 Å². The normalized spacial score (nSPS) is 11.6. The first-order valence-electron chi connectivity index (χ1n) is 10.4. The van der Waals surface area contributed by atoms with Gasteiger partial charge >= 0.3 is 0 Å². The molecule has 0 bridgehead atoms. The van der Waals surface area contributed by atoms with Crippen molar-refractivity contribution in [3.8, 4) is 0 Å². The Kier molecular flexibility index (Phi) is 25.9. The van der Waals surface area contributed by atoms with E-state index in [4.69, 9.17) is 28.4 Å². The first-order valence-corrected chi connectivity index (χ1v) is 12.0. The van der Waals surface area contributed by atoms with Crippen LogP contribution in [0.2, 0.25) is 0 Å². The summed E-state index contributed by atoms with van der Waals surface area (Å²) < 4.78 is 34.0.